The van der Waals surface area contributed by atoms with E-state index in [1.165, 1.54) is 49.2 Å². The van der Waals surface area contributed by atoms with Crippen molar-refractivity contribution >= 4 is 11.3 Å². The maximum atomic E-state index is 4.75. The van der Waals surface area contributed by atoms with E-state index in [1.54, 1.807) is 11.3 Å². The molecule has 0 unspecified atom stereocenters. The molecule has 1 heterocycles. The Hall–Kier alpha value is -0.410. The number of rotatable bonds is 3. The molecule has 0 bridgehead atoms. The van der Waals surface area contributed by atoms with Crippen LogP contribution in [-0.2, 0) is 12.0 Å². The van der Waals surface area contributed by atoms with E-state index in [0.29, 0.717) is 6.04 Å². The van der Waals surface area contributed by atoms with Crippen molar-refractivity contribution in [2.45, 2.75) is 77.3 Å². The summed E-state index contributed by atoms with van der Waals surface area (Å²) in [7, 11) is 0. The summed E-state index contributed by atoms with van der Waals surface area (Å²) in [6.07, 6.45) is 8.31. The van der Waals surface area contributed by atoms with Crippen LogP contribution >= 0.6 is 11.3 Å². The van der Waals surface area contributed by atoms with Crippen LogP contribution in [-0.4, -0.2) is 11.0 Å². The van der Waals surface area contributed by atoms with Crippen LogP contribution in [0.25, 0.3) is 0 Å². The van der Waals surface area contributed by atoms with Crippen LogP contribution in [0, 0.1) is 0 Å². The maximum Gasteiger partial charge on any atom is 0.0982 e. The van der Waals surface area contributed by atoms with Gasteiger partial charge in [-0.2, -0.15) is 0 Å². The van der Waals surface area contributed by atoms with Gasteiger partial charge in [0.1, 0.15) is 0 Å². The van der Waals surface area contributed by atoms with Crippen molar-refractivity contribution in [1.82, 2.24) is 10.3 Å². The number of nitrogens with one attached hydrogen (secondary N) is 1. The third-order valence-corrected chi connectivity index (χ3v) is 4.94. The highest BCUT2D eigenvalue weighted by Gasteiger charge is 2.18. The zero-order valence-electron chi connectivity index (χ0n) is 12.0. The van der Waals surface area contributed by atoms with E-state index in [2.05, 4.69) is 31.5 Å². The van der Waals surface area contributed by atoms with Crippen molar-refractivity contribution in [1.29, 1.82) is 0 Å². The fourth-order valence-electron chi connectivity index (χ4n) is 2.47. The van der Waals surface area contributed by atoms with Gasteiger partial charge >= 0.3 is 0 Å². The summed E-state index contributed by atoms with van der Waals surface area (Å²) in [5, 5.41) is 7.15. The van der Waals surface area contributed by atoms with Gasteiger partial charge in [-0.3, -0.25) is 0 Å². The molecule has 0 aromatic carbocycles. The molecule has 0 radical (unpaired) electrons. The van der Waals surface area contributed by atoms with E-state index >= 15 is 0 Å². The molecular formula is C15H26N2S. The normalized spacial score (nSPS) is 18.8. The van der Waals surface area contributed by atoms with Crippen LogP contribution in [0.3, 0.4) is 0 Å². The zero-order valence-corrected chi connectivity index (χ0v) is 12.8. The van der Waals surface area contributed by atoms with Gasteiger partial charge in [-0.05, 0) is 12.8 Å². The summed E-state index contributed by atoms with van der Waals surface area (Å²) >= 11 is 1.80. The van der Waals surface area contributed by atoms with E-state index in [0.717, 1.165) is 6.54 Å². The topological polar surface area (TPSA) is 24.9 Å². The largest absolute Gasteiger partial charge is 0.308 e. The number of thiazole rings is 1. The molecule has 0 aliphatic heterocycles. The molecule has 0 saturated heterocycles. The van der Waals surface area contributed by atoms with Gasteiger partial charge in [0.2, 0.25) is 0 Å². The van der Waals surface area contributed by atoms with E-state index in [-0.39, 0.29) is 5.41 Å². The molecular weight excluding hydrogens is 240 g/mol. The second-order valence-corrected chi connectivity index (χ2v) is 7.32. The average Bonchev–Trinajstić information content (AvgIpc) is 2.64. The fraction of sp³-hybridized carbons (Fsp3) is 0.800. The standard InChI is InChI=1S/C15H26N2S/c1-15(2,3)14-17-13(11-18-14)10-16-12-8-6-4-5-7-9-12/h11-12,16H,4-10H2,1-3H3. The second kappa shape index (κ2) is 6.16. The lowest BCUT2D eigenvalue weighted by Gasteiger charge is -2.15. The molecule has 1 aromatic rings. The molecule has 18 heavy (non-hydrogen) atoms. The van der Waals surface area contributed by atoms with E-state index in [9.17, 15) is 0 Å². The minimum Gasteiger partial charge on any atom is -0.308 e. The van der Waals surface area contributed by atoms with Crippen LogP contribution in [0.4, 0.5) is 0 Å². The summed E-state index contributed by atoms with van der Waals surface area (Å²) in [6.45, 7) is 7.63. The predicted molar refractivity (Wildman–Crippen MR) is 79.1 cm³/mol. The lowest BCUT2D eigenvalue weighted by Crippen LogP contribution is -2.28. The van der Waals surface area contributed by atoms with Gasteiger partial charge in [-0.1, -0.05) is 46.5 Å². The van der Waals surface area contributed by atoms with Crippen LogP contribution in [0.15, 0.2) is 5.38 Å². The first-order chi connectivity index (χ1) is 8.55. The Morgan fingerprint density at radius 3 is 2.44 bits per heavy atom. The Morgan fingerprint density at radius 1 is 1.22 bits per heavy atom. The van der Waals surface area contributed by atoms with Crippen LogP contribution < -0.4 is 5.32 Å². The molecule has 0 spiro atoms. The third kappa shape index (κ3) is 4.06. The van der Waals surface area contributed by atoms with E-state index in [4.69, 9.17) is 4.98 Å². The maximum absolute atomic E-state index is 4.75. The SMILES string of the molecule is CC(C)(C)c1nc(CNC2CCCCCC2)cs1. The van der Waals surface area contributed by atoms with Gasteiger partial charge in [-0.15, -0.1) is 11.3 Å². The molecule has 1 aliphatic carbocycles. The molecule has 1 fully saturated rings. The molecule has 102 valence electrons. The smallest absolute Gasteiger partial charge is 0.0982 e. The van der Waals surface area contributed by atoms with Crippen molar-refractivity contribution in [2.24, 2.45) is 0 Å². The zero-order chi connectivity index (χ0) is 13.0. The Morgan fingerprint density at radius 2 is 1.89 bits per heavy atom. The summed E-state index contributed by atoms with van der Waals surface area (Å²) < 4.78 is 0. The molecule has 0 atom stereocenters. The van der Waals surface area contributed by atoms with Crippen molar-refractivity contribution in [3.05, 3.63) is 16.1 Å². The summed E-state index contributed by atoms with van der Waals surface area (Å²) in [4.78, 5) is 4.75. The monoisotopic (exact) mass is 266 g/mol. The molecule has 1 aliphatic rings. The molecule has 1 saturated carbocycles. The Labute approximate surface area is 115 Å². The van der Waals surface area contributed by atoms with Crippen LogP contribution in [0.2, 0.25) is 0 Å². The third-order valence-electron chi connectivity index (χ3n) is 3.62. The van der Waals surface area contributed by atoms with Crippen molar-refractivity contribution in [3.8, 4) is 0 Å². The summed E-state index contributed by atoms with van der Waals surface area (Å²) in [6, 6.07) is 0.715. The van der Waals surface area contributed by atoms with Crippen LogP contribution in [0.1, 0.15) is 70.0 Å². The van der Waals surface area contributed by atoms with Gasteiger partial charge in [0, 0.05) is 23.4 Å². The minimum atomic E-state index is 0.186. The summed E-state index contributed by atoms with van der Waals surface area (Å²) in [5.41, 5.74) is 1.40. The van der Waals surface area contributed by atoms with Gasteiger partial charge in [-0.25, -0.2) is 4.98 Å². The first kappa shape index (κ1) is 14.0. The number of hydrogen-bond acceptors (Lipinski definition) is 3. The van der Waals surface area contributed by atoms with Crippen LogP contribution in [0.5, 0.6) is 0 Å². The first-order valence-corrected chi connectivity index (χ1v) is 8.12. The van der Waals surface area contributed by atoms with Gasteiger partial charge in [0.05, 0.1) is 10.7 Å². The van der Waals surface area contributed by atoms with E-state index < -0.39 is 0 Å². The number of nitrogens with zero attached hydrogens (tertiary/aromatic N) is 1. The summed E-state index contributed by atoms with van der Waals surface area (Å²) in [5.74, 6) is 0. The molecule has 2 nitrogen and oxygen atoms in total. The van der Waals surface area contributed by atoms with E-state index in [1.807, 2.05) is 0 Å². The van der Waals surface area contributed by atoms with Gasteiger partial charge in [0.25, 0.3) is 0 Å². The van der Waals surface area contributed by atoms with Gasteiger partial charge in [0.15, 0.2) is 0 Å². The lowest BCUT2D eigenvalue weighted by molar-refractivity contribution is 0.455. The lowest BCUT2D eigenvalue weighted by atomic mass is 9.98. The minimum absolute atomic E-state index is 0.186. The Bertz CT molecular complexity index is 357. The molecule has 2 rings (SSSR count). The highest BCUT2D eigenvalue weighted by Crippen LogP contribution is 2.25. The molecule has 3 heteroatoms. The molecule has 1 aromatic heterocycles. The van der Waals surface area contributed by atoms with Crippen molar-refractivity contribution < 1.29 is 0 Å². The number of hydrogen-bond donors (Lipinski definition) is 1. The first-order valence-electron chi connectivity index (χ1n) is 7.24. The quantitative estimate of drug-likeness (QED) is 0.827. The molecule has 0 amide bonds. The average molecular weight is 266 g/mol. The Balaban J connectivity index is 1.84. The Kier molecular flexibility index (Phi) is 4.79. The fourth-order valence-corrected chi connectivity index (χ4v) is 3.37. The van der Waals surface area contributed by atoms with Gasteiger partial charge < -0.3 is 5.32 Å². The van der Waals surface area contributed by atoms with Crippen molar-refractivity contribution in [2.75, 3.05) is 0 Å². The second-order valence-electron chi connectivity index (χ2n) is 6.46. The molecule has 1 N–H and O–H groups in total. The highest BCUT2D eigenvalue weighted by molar-refractivity contribution is 7.09. The highest BCUT2D eigenvalue weighted by atomic mass is 32.1. The number of aromatic nitrogens is 1. The van der Waals surface area contributed by atoms with Crippen molar-refractivity contribution in [3.63, 3.8) is 0 Å². The predicted octanol–water partition coefficient (Wildman–Crippen LogP) is 4.25.